The van der Waals surface area contributed by atoms with Crippen LogP contribution in [0, 0.1) is 0 Å². The predicted molar refractivity (Wildman–Crippen MR) is 105 cm³/mol. The maximum atomic E-state index is 12.7. The Balaban J connectivity index is 1.40. The van der Waals surface area contributed by atoms with Gasteiger partial charge in [0.2, 0.25) is 5.91 Å². The Morgan fingerprint density at radius 1 is 1.11 bits per heavy atom. The highest BCUT2D eigenvalue weighted by Crippen LogP contribution is 2.27. The fourth-order valence-corrected chi connectivity index (χ4v) is 4.80. The lowest BCUT2D eigenvalue weighted by Gasteiger charge is -2.36. The van der Waals surface area contributed by atoms with Crippen LogP contribution in [0.3, 0.4) is 0 Å². The summed E-state index contributed by atoms with van der Waals surface area (Å²) in [4.78, 5) is 21.6. The van der Waals surface area contributed by atoms with Crippen LogP contribution in [0.4, 0.5) is 5.69 Å². The molecule has 1 saturated heterocycles. The molecule has 0 bridgehead atoms. The number of sulfonamides is 1. The van der Waals surface area contributed by atoms with E-state index in [4.69, 9.17) is 0 Å². The van der Waals surface area contributed by atoms with E-state index in [2.05, 4.69) is 14.3 Å². The molecule has 4 rings (SSSR count). The second-order valence-electron chi connectivity index (χ2n) is 6.87. The number of hydrogen-bond donors (Lipinski definition) is 0. The summed E-state index contributed by atoms with van der Waals surface area (Å²) >= 11 is 0. The van der Waals surface area contributed by atoms with Gasteiger partial charge in [0.05, 0.1) is 6.54 Å². The SMILES string of the molecule is CN(CC(=O)N1CCN(c2cc[nH+]cc2)CC1)C1=NS(=O)(=O)c2ccccc21. The van der Waals surface area contributed by atoms with Crippen molar-refractivity contribution >= 4 is 27.5 Å². The van der Waals surface area contributed by atoms with Crippen molar-refractivity contribution in [2.24, 2.45) is 4.40 Å². The van der Waals surface area contributed by atoms with Gasteiger partial charge in [0.1, 0.15) is 4.90 Å². The number of fused-ring (bicyclic) bond motifs is 1. The van der Waals surface area contributed by atoms with Gasteiger partial charge in [0, 0.05) is 56.6 Å². The maximum absolute atomic E-state index is 12.7. The number of amidine groups is 1. The fourth-order valence-electron chi connectivity index (χ4n) is 3.54. The topological polar surface area (TPSA) is 87.4 Å². The third kappa shape index (κ3) is 3.45. The summed E-state index contributed by atoms with van der Waals surface area (Å²) in [6.07, 6.45) is 3.77. The molecule has 0 unspecified atom stereocenters. The lowest BCUT2D eigenvalue weighted by Crippen LogP contribution is -2.51. The van der Waals surface area contributed by atoms with E-state index < -0.39 is 10.0 Å². The van der Waals surface area contributed by atoms with Crippen molar-refractivity contribution in [2.75, 3.05) is 44.7 Å². The van der Waals surface area contributed by atoms with E-state index >= 15 is 0 Å². The van der Waals surface area contributed by atoms with Gasteiger partial charge in [-0.1, -0.05) is 12.1 Å². The number of carbonyl (C=O) groups is 1. The first-order valence-corrected chi connectivity index (χ1v) is 10.5. The lowest BCUT2D eigenvalue weighted by atomic mass is 10.2. The van der Waals surface area contributed by atoms with Crippen LogP contribution in [0.15, 0.2) is 58.1 Å². The lowest BCUT2D eigenvalue weighted by molar-refractivity contribution is -0.377. The van der Waals surface area contributed by atoms with Gasteiger partial charge >= 0.3 is 0 Å². The number of benzene rings is 1. The molecule has 9 heteroatoms. The summed E-state index contributed by atoms with van der Waals surface area (Å²) < 4.78 is 28.3. The smallest absolute Gasteiger partial charge is 0.285 e. The normalized spacial score (nSPS) is 17.8. The summed E-state index contributed by atoms with van der Waals surface area (Å²) in [5, 5.41) is 0. The van der Waals surface area contributed by atoms with Crippen molar-refractivity contribution in [3.05, 3.63) is 54.4 Å². The van der Waals surface area contributed by atoms with E-state index in [0.717, 1.165) is 18.8 Å². The van der Waals surface area contributed by atoms with Crippen LogP contribution in [-0.4, -0.2) is 69.7 Å². The molecule has 0 spiro atoms. The minimum absolute atomic E-state index is 0.0342. The first-order valence-electron chi connectivity index (χ1n) is 9.10. The van der Waals surface area contributed by atoms with Crippen LogP contribution in [0.5, 0.6) is 0 Å². The maximum Gasteiger partial charge on any atom is 0.285 e. The first-order chi connectivity index (χ1) is 13.5. The average molecular weight is 400 g/mol. The molecule has 1 fully saturated rings. The molecule has 1 aromatic carbocycles. The number of hydrogen-bond acceptors (Lipinski definition) is 5. The second kappa shape index (κ2) is 7.23. The van der Waals surface area contributed by atoms with Gasteiger partial charge in [-0.3, -0.25) is 4.79 Å². The van der Waals surface area contributed by atoms with Crippen LogP contribution in [0.2, 0.25) is 0 Å². The highest BCUT2D eigenvalue weighted by molar-refractivity contribution is 7.90. The average Bonchev–Trinajstić information content (AvgIpc) is 3.00. The number of nitrogens with zero attached hydrogens (tertiary/aromatic N) is 4. The number of pyridine rings is 1. The number of anilines is 1. The quantitative estimate of drug-likeness (QED) is 0.736. The Morgan fingerprint density at radius 3 is 2.50 bits per heavy atom. The largest absolute Gasteiger partial charge is 0.368 e. The van der Waals surface area contributed by atoms with Gasteiger partial charge in [-0.25, -0.2) is 4.98 Å². The van der Waals surface area contributed by atoms with Crippen LogP contribution < -0.4 is 9.88 Å². The Labute approximate surface area is 164 Å². The molecule has 0 radical (unpaired) electrons. The molecule has 0 atom stereocenters. The van der Waals surface area contributed by atoms with Crippen LogP contribution in [-0.2, 0) is 14.8 Å². The third-order valence-electron chi connectivity index (χ3n) is 5.04. The monoisotopic (exact) mass is 400 g/mol. The number of rotatable bonds is 3. The van der Waals surface area contributed by atoms with Crippen molar-refractivity contribution < 1.29 is 18.2 Å². The van der Waals surface area contributed by atoms with E-state index in [-0.39, 0.29) is 17.3 Å². The molecule has 2 aliphatic heterocycles. The zero-order chi connectivity index (χ0) is 19.7. The molecule has 3 heterocycles. The molecule has 2 aliphatic rings. The zero-order valence-electron chi connectivity index (χ0n) is 15.6. The Hall–Kier alpha value is -2.94. The Bertz CT molecular complexity index is 1010. The second-order valence-corrected chi connectivity index (χ2v) is 8.44. The summed E-state index contributed by atoms with van der Waals surface area (Å²) in [6, 6.07) is 10.7. The van der Waals surface area contributed by atoms with E-state index in [9.17, 15) is 13.2 Å². The van der Waals surface area contributed by atoms with Crippen LogP contribution in [0.25, 0.3) is 0 Å². The number of amides is 1. The van der Waals surface area contributed by atoms with Crippen molar-refractivity contribution in [1.82, 2.24) is 9.80 Å². The summed E-state index contributed by atoms with van der Waals surface area (Å²) in [5.74, 6) is 0.288. The molecule has 0 saturated carbocycles. The van der Waals surface area contributed by atoms with E-state index in [1.807, 2.05) is 29.4 Å². The standard InChI is InChI=1S/C19H21N5O3S/c1-22(19-16-4-2-3-5-17(16)28(26,27)21-19)14-18(25)24-12-10-23(11-13-24)15-6-8-20-9-7-15/h2-9H,10-14H2,1H3/p+1. The summed E-state index contributed by atoms with van der Waals surface area (Å²) in [5.41, 5.74) is 1.67. The summed E-state index contributed by atoms with van der Waals surface area (Å²) in [7, 11) is -1.99. The van der Waals surface area contributed by atoms with Crippen LogP contribution in [0.1, 0.15) is 5.56 Å². The molecule has 1 N–H and O–H groups in total. The van der Waals surface area contributed by atoms with E-state index in [1.165, 1.54) is 6.07 Å². The molecule has 1 aromatic heterocycles. The Kier molecular flexibility index (Phi) is 4.76. The number of likely N-dealkylation sites (N-methyl/N-ethyl adjacent to an activating group) is 1. The number of nitrogens with one attached hydrogen (secondary N) is 1. The van der Waals surface area contributed by atoms with Gasteiger partial charge < -0.3 is 14.7 Å². The van der Waals surface area contributed by atoms with Gasteiger partial charge in [-0.2, -0.15) is 8.42 Å². The van der Waals surface area contributed by atoms with Gasteiger partial charge in [-0.15, -0.1) is 4.40 Å². The number of carbonyl (C=O) groups excluding carboxylic acids is 1. The minimum Gasteiger partial charge on any atom is -0.368 e. The molecular formula is C19H22N5O3S+. The highest BCUT2D eigenvalue weighted by atomic mass is 32.2. The molecule has 2 aromatic rings. The number of piperazine rings is 1. The first kappa shape index (κ1) is 18.4. The molecule has 1 amide bonds. The number of aromatic amines is 1. The summed E-state index contributed by atoms with van der Waals surface area (Å²) in [6.45, 7) is 2.87. The minimum atomic E-state index is -3.69. The fraction of sp³-hybridized carbons (Fsp3) is 0.316. The highest BCUT2D eigenvalue weighted by Gasteiger charge is 2.32. The van der Waals surface area contributed by atoms with E-state index in [1.54, 1.807) is 30.1 Å². The predicted octanol–water partition coefficient (Wildman–Crippen LogP) is 0.230. The molecule has 28 heavy (non-hydrogen) atoms. The van der Waals surface area contributed by atoms with Crippen molar-refractivity contribution in [2.45, 2.75) is 4.90 Å². The van der Waals surface area contributed by atoms with Gasteiger partial charge in [-0.05, 0) is 12.1 Å². The molecule has 8 nitrogen and oxygen atoms in total. The molecule has 0 aliphatic carbocycles. The number of aromatic nitrogens is 1. The van der Waals surface area contributed by atoms with Gasteiger partial charge in [0.25, 0.3) is 10.0 Å². The van der Waals surface area contributed by atoms with Crippen molar-refractivity contribution in [3.63, 3.8) is 0 Å². The van der Waals surface area contributed by atoms with E-state index in [0.29, 0.717) is 24.5 Å². The van der Waals surface area contributed by atoms with Crippen molar-refractivity contribution in [3.8, 4) is 0 Å². The van der Waals surface area contributed by atoms with Crippen LogP contribution >= 0.6 is 0 Å². The van der Waals surface area contributed by atoms with Gasteiger partial charge in [0.15, 0.2) is 18.2 Å². The zero-order valence-corrected chi connectivity index (χ0v) is 16.4. The Morgan fingerprint density at radius 2 is 1.79 bits per heavy atom. The molecular weight excluding hydrogens is 378 g/mol. The molecule has 146 valence electrons. The van der Waals surface area contributed by atoms with Crippen molar-refractivity contribution in [1.29, 1.82) is 0 Å². The number of H-pyrrole nitrogens is 1. The third-order valence-corrected chi connectivity index (χ3v) is 6.37.